The number of esters is 1. The lowest BCUT2D eigenvalue weighted by Gasteiger charge is -2.09. The van der Waals surface area contributed by atoms with Gasteiger partial charge in [-0.3, -0.25) is 4.79 Å². The first-order valence-corrected chi connectivity index (χ1v) is 15.5. The monoisotopic (exact) mass is 663 g/mol. The zero-order chi connectivity index (χ0) is 33.2. The number of methoxy groups -OCH3 is 1. The average molecular weight is 664 g/mol. The van der Waals surface area contributed by atoms with Crippen molar-refractivity contribution in [1.29, 1.82) is 0 Å². The van der Waals surface area contributed by atoms with Crippen molar-refractivity contribution in [1.82, 2.24) is 0 Å². The second-order valence-electron chi connectivity index (χ2n) is 9.19. The first kappa shape index (κ1) is 41.6. The van der Waals surface area contributed by atoms with Crippen molar-refractivity contribution in [2.45, 2.75) is 6.92 Å². The molecular weight excluding hydrogens is 610 g/mol. The minimum absolute atomic E-state index is 0.0740. The predicted molar refractivity (Wildman–Crippen MR) is 166 cm³/mol. The van der Waals surface area contributed by atoms with E-state index >= 15 is 0 Å². The van der Waals surface area contributed by atoms with Crippen LogP contribution in [0.5, 0.6) is 5.75 Å². The summed E-state index contributed by atoms with van der Waals surface area (Å²) in [7, 11) is 1.31. The van der Waals surface area contributed by atoms with Gasteiger partial charge in [0.2, 0.25) is 5.91 Å². The lowest BCUT2D eigenvalue weighted by molar-refractivity contribution is -0.146. The fourth-order valence-electron chi connectivity index (χ4n) is 3.25. The van der Waals surface area contributed by atoms with Crippen LogP contribution >= 0.6 is 0 Å². The molecule has 0 radical (unpaired) electrons. The van der Waals surface area contributed by atoms with E-state index in [0.717, 1.165) is 5.69 Å². The van der Waals surface area contributed by atoms with Crippen LogP contribution in [0.1, 0.15) is 6.92 Å². The van der Waals surface area contributed by atoms with E-state index in [2.05, 4.69) is 10.1 Å². The number of anilines is 1. The number of nitrogens with one attached hydrogen (secondary N) is 1. The van der Waals surface area contributed by atoms with Gasteiger partial charge in [-0.1, -0.05) is 0 Å². The van der Waals surface area contributed by atoms with Crippen LogP contribution in [0.4, 0.5) is 5.69 Å². The highest BCUT2D eigenvalue weighted by Gasteiger charge is 2.00. The van der Waals surface area contributed by atoms with Crippen molar-refractivity contribution >= 4 is 17.6 Å². The molecule has 1 N–H and O–H groups in total. The minimum Gasteiger partial charge on any atom is -0.491 e. The van der Waals surface area contributed by atoms with Gasteiger partial charge in [-0.2, -0.15) is 0 Å². The molecule has 266 valence electrons. The second-order valence-corrected chi connectivity index (χ2v) is 9.19. The number of benzene rings is 1. The van der Waals surface area contributed by atoms with Crippen molar-refractivity contribution < 1.29 is 66.4 Å². The minimum atomic E-state index is -0.411. The van der Waals surface area contributed by atoms with E-state index in [1.54, 1.807) is 24.3 Å². The lowest BCUT2D eigenvalue weighted by atomic mass is 10.3. The number of ether oxygens (including phenoxy) is 12. The Labute approximate surface area is 272 Å². The van der Waals surface area contributed by atoms with E-state index in [1.807, 2.05) is 0 Å². The van der Waals surface area contributed by atoms with Gasteiger partial charge in [0.05, 0.1) is 133 Å². The average Bonchev–Trinajstić information content (AvgIpc) is 3.05. The summed E-state index contributed by atoms with van der Waals surface area (Å²) in [6.07, 6.45) is 0. The van der Waals surface area contributed by atoms with Crippen LogP contribution in [-0.4, -0.2) is 158 Å². The van der Waals surface area contributed by atoms with E-state index < -0.39 is 5.97 Å². The molecule has 1 rings (SSSR count). The standard InChI is InChI=1S/C31H53NO14/c1-28(33)32-29-3-5-30(6-4-29)46-26-25-44-22-21-42-18-17-40-14-13-38-10-9-36-7-8-37-11-12-39-15-16-41-19-20-43-23-24-45-27-31(34)35-2/h3-6H,7-27H2,1-2H3,(H,32,33). The molecule has 15 nitrogen and oxygen atoms in total. The van der Waals surface area contributed by atoms with Gasteiger partial charge in [0.1, 0.15) is 19.0 Å². The van der Waals surface area contributed by atoms with Gasteiger partial charge < -0.3 is 62.2 Å². The van der Waals surface area contributed by atoms with E-state index in [9.17, 15) is 9.59 Å². The van der Waals surface area contributed by atoms with Crippen molar-refractivity contribution in [3.8, 4) is 5.75 Å². The van der Waals surface area contributed by atoms with Crippen molar-refractivity contribution in [2.24, 2.45) is 0 Å². The van der Waals surface area contributed by atoms with E-state index in [4.69, 9.17) is 52.1 Å². The molecule has 1 amide bonds. The zero-order valence-electron chi connectivity index (χ0n) is 27.4. The topological polar surface area (TPSA) is 157 Å². The molecule has 0 aliphatic carbocycles. The molecule has 0 bridgehead atoms. The normalized spacial score (nSPS) is 11.1. The van der Waals surface area contributed by atoms with E-state index in [0.29, 0.717) is 138 Å². The van der Waals surface area contributed by atoms with Crippen LogP contribution in [0.25, 0.3) is 0 Å². The van der Waals surface area contributed by atoms with Gasteiger partial charge in [0.25, 0.3) is 0 Å². The highest BCUT2D eigenvalue weighted by Crippen LogP contribution is 2.15. The third-order valence-electron chi connectivity index (χ3n) is 5.47. The molecule has 15 heteroatoms. The third kappa shape index (κ3) is 29.0. The lowest BCUT2D eigenvalue weighted by Crippen LogP contribution is -2.16. The molecule has 0 saturated heterocycles. The maximum Gasteiger partial charge on any atom is 0.331 e. The first-order chi connectivity index (χ1) is 22.6. The van der Waals surface area contributed by atoms with Crippen LogP contribution in [0.15, 0.2) is 24.3 Å². The molecule has 0 spiro atoms. The quantitative estimate of drug-likeness (QED) is 0.0833. The second kappa shape index (κ2) is 32.5. The molecule has 0 fully saturated rings. The molecule has 1 aromatic carbocycles. The number of carbonyl (C=O) groups is 2. The molecular formula is C31H53NO14. The third-order valence-corrected chi connectivity index (χ3v) is 5.47. The van der Waals surface area contributed by atoms with Crippen LogP contribution in [0.3, 0.4) is 0 Å². The maximum atomic E-state index is 11.0. The fourth-order valence-corrected chi connectivity index (χ4v) is 3.25. The van der Waals surface area contributed by atoms with Gasteiger partial charge in [-0.15, -0.1) is 0 Å². The van der Waals surface area contributed by atoms with Crippen LogP contribution in [0, 0.1) is 0 Å². The van der Waals surface area contributed by atoms with Gasteiger partial charge in [0, 0.05) is 12.6 Å². The molecule has 0 aliphatic heterocycles. The van der Waals surface area contributed by atoms with Gasteiger partial charge >= 0.3 is 5.97 Å². The molecule has 0 heterocycles. The summed E-state index contributed by atoms with van der Waals surface area (Å²) in [5.41, 5.74) is 0.728. The molecule has 0 saturated carbocycles. The van der Waals surface area contributed by atoms with Gasteiger partial charge in [0.15, 0.2) is 0 Å². The first-order valence-electron chi connectivity index (χ1n) is 15.5. The number of hydrogen-bond donors (Lipinski definition) is 1. The molecule has 0 unspecified atom stereocenters. The largest absolute Gasteiger partial charge is 0.491 e. The fraction of sp³-hybridized carbons (Fsp3) is 0.742. The Hall–Kier alpha value is -2.44. The molecule has 46 heavy (non-hydrogen) atoms. The SMILES string of the molecule is COC(=O)COCCOCCOCCOCCOCCOCCOCCOCCOCCOCCOc1ccc(NC(C)=O)cc1. The number of hydrogen-bond acceptors (Lipinski definition) is 14. The van der Waals surface area contributed by atoms with E-state index in [1.165, 1.54) is 14.0 Å². The maximum absolute atomic E-state index is 11.0. The Morgan fingerprint density at radius 1 is 0.478 bits per heavy atom. The highest BCUT2D eigenvalue weighted by atomic mass is 16.6. The summed E-state index contributed by atoms with van der Waals surface area (Å²) in [4.78, 5) is 21.9. The van der Waals surface area contributed by atoms with E-state index in [-0.39, 0.29) is 12.5 Å². The number of carbonyl (C=O) groups excluding carboxylic acids is 2. The predicted octanol–water partition coefficient (Wildman–Crippen LogP) is 1.36. The van der Waals surface area contributed by atoms with Crippen LogP contribution in [0.2, 0.25) is 0 Å². The summed E-state index contributed by atoms with van der Waals surface area (Å²) in [5.74, 6) is 0.190. The summed E-state index contributed by atoms with van der Waals surface area (Å²) >= 11 is 0. The molecule has 1 aromatic rings. The Balaban J connectivity index is 1.67. The van der Waals surface area contributed by atoms with Gasteiger partial charge in [-0.25, -0.2) is 4.79 Å². The Kier molecular flexibility index (Phi) is 29.4. The summed E-state index contributed by atoms with van der Waals surface area (Å²) in [6.45, 7) is 10.6. The summed E-state index contributed by atoms with van der Waals surface area (Å²) in [5, 5.41) is 2.71. The van der Waals surface area contributed by atoms with Crippen molar-refractivity contribution in [3.05, 3.63) is 24.3 Å². The van der Waals surface area contributed by atoms with Crippen LogP contribution in [-0.2, 0) is 61.7 Å². The number of amides is 1. The molecule has 0 aliphatic rings. The van der Waals surface area contributed by atoms with Crippen molar-refractivity contribution in [2.75, 3.05) is 151 Å². The summed E-state index contributed by atoms with van der Waals surface area (Å²) in [6, 6.07) is 7.16. The molecule has 0 aromatic heterocycles. The van der Waals surface area contributed by atoms with Gasteiger partial charge in [-0.05, 0) is 24.3 Å². The Bertz CT molecular complexity index is 830. The zero-order valence-corrected chi connectivity index (χ0v) is 27.4. The Morgan fingerprint density at radius 2 is 0.783 bits per heavy atom. The number of rotatable bonds is 34. The smallest absolute Gasteiger partial charge is 0.331 e. The van der Waals surface area contributed by atoms with Crippen molar-refractivity contribution in [3.63, 3.8) is 0 Å². The summed E-state index contributed by atoms with van der Waals surface area (Å²) < 4.78 is 64.1. The molecule has 0 atom stereocenters. The highest BCUT2D eigenvalue weighted by molar-refractivity contribution is 5.88. The Morgan fingerprint density at radius 3 is 1.09 bits per heavy atom. The van der Waals surface area contributed by atoms with Crippen LogP contribution < -0.4 is 10.1 Å².